The van der Waals surface area contributed by atoms with E-state index in [1.54, 1.807) is 19.1 Å². The normalized spacial score (nSPS) is 14.8. The van der Waals surface area contributed by atoms with Crippen molar-refractivity contribution in [2.45, 2.75) is 24.8 Å². The van der Waals surface area contributed by atoms with E-state index >= 15 is 0 Å². The van der Waals surface area contributed by atoms with E-state index in [1.165, 1.54) is 17.8 Å². The number of hydrogen-bond acceptors (Lipinski definition) is 3. The number of aliphatic hydroxyl groups is 2. The maximum atomic E-state index is 13.6. The van der Waals surface area contributed by atoms with Crippen LogP contribution in [-0.4, -0.2) is 22.6 Å². The average molecular weight is 244 g/mol. The van der Waals surface area contributed by atoms with E-state index in [9.17, 15) is 9.50 Å². The number of halogens is 1. The molecule has 0 fully saturated rings. The van der Waals surface area contributed by atoms with Crippen LogP contribution in [0.2, 0.25) is 0 Å². The smallest absolute Gasteiger partial charge is 0.137 e. The van der Waals surface area contributed by atoms with Crippen molar-refractivity contribution < 1.29 is 14.6 Å². The van der Waals surface area contributed by atoms with Gasteiger partial charge in [-0.25, -0.2) is 4.39 Å². The molecule has 1 rings (SSSR count). The third kappa shape index (κ3) is 3.77. The molecule has 90 valence electrons. The molecule has 1 aromatic carbocycles. The van der Waals surface area contributed by atoms with Gasteiger partial charge in [-0.2, -0.15) is 0 Å². The van der Waals surface area contributed by atoms with Gasteiger partial charge in [0, 0.05) is 17.3 Å². The Morgan fingerprint density at radius 3 is 2.56 bits per heavy atom. The van der Waals surface area contributed by atoms with Crippen LogP contribution in [0.25, 0.3) is 0 Å². The molecule has 0 aliphatic carbocycles. The van der Waals surface area contributed by atoms with E-state index in [1.807, 2.05) is 6.92 Å². The van der Waals surface area contributed by atoms with Crippen molar-refractivity contribution in [1.29, 1.82) is 0 Å². The molecule has 0 aliphatic rings. The molecule has 4 heteroatoms. The SMILES string of the molecule is CC(CO)CSc1ccc([C@H](C)O)cc1F. The third-order valence-electron chi connectivity index (χ3n) is 2.27. The van der Waals surface area contributed by atoms with Gasteiger partial charge in [-0.3, -0.25) is 0 Å². The fourth-order valence-corrected chi connectivity index (χ4v) is 2.11. The highest BCUT2D eigenvalue weighted by Gasteiger charge is 2.09. The molecule has 1 aromatic rings. The summed E-state index contributed by atoms with van der Waals surface area (Å²) in [6.07, 6.45) is -0.648. The Kier molecular flexibility index (Phi) is 5.25. The maximum absolute atomic E-state index is 13.6. The van der Waals surface area contributed by atoms with Crippen molar-refractivity contribution in [3.63, 3.8) is 0 Å². The fourth-order valence-electron chi connectivity index (χ4n) is 1.18. The summed E-state index contributed by atoms with van der Waals surface area (Å²) in [5.41, 5.74) is 0.581. The second kappa shape index (κ2) is 6.23. The van der Waals surface area contributed by atoms with E-state index in [2.05, 4.69) is 0 Å². The molecule has 16 heavy (non-hydrogen) atoms. The lowest BCUT2D eigenvalue weighted by Crippen LogP contribution is -2.03. The molecule has 0 bridgehead atoms. The van der Waals surface area contributed by atoms with Crippen LogP contribution in [-0.2, 0) is 0 Å². The number of benzene rings is 1. The van der Waals surface area contributed by atoms with Crippen molar-refractivity contribution in [3.05, 3.63) is 29.6 Å². The molecular formula is C12H17FO2S. The first-order valence-electron chi connectivity index (χ1n) is 5.25. The minimum Gasteiger partial charge on any atom is -0.396 e. The second-order valence-corrected chi connectivity index (χ2v) is 5.03. The lowest BCUT2D eigenvalue weighted by Gasteiger charge is -2.10. The van der Waals surface area contributed by atoms with Crippen LogP contribution in [0.1, 0.15) is 25.5 Å². The lowest BCUT2D eigenvalue weighted by atomic mass is 10.1. The summed E-state index contributed by atoms with van der Waals surface area (Å²) < 4.78 is 13.6. The molecule has 2 nitrogen and oxygen atoms in total. The van der Waals surface area contributed by atoms with E-state index in [4.69, 9.17) is 5.11 Å². The first-order valence-corrected chi connectivity index (χ1v) is 6.24. The molecule has 2 atom stereocenters. The highest BCUT2D eigenvalue weighted by molar-refractivity contribution is 7.99. The minimum atomic E-state index is -0.648. The van der Waals surface area contributed by atoms with Crippen LogP contribution in [0, 0.1) is 11.7 Å². The van der Waals surface area contributed by atoms with Crippen LogP contribution >= 0.6 is 11.8 Å². The van der Waals surface area contributed by atoms with Gasteiger partial charge in [0.15, 0.2) is 0 Å². The Labute approximate surface area is 99.5 Å². The predicted octanol–water partition coefficient (Wildman–Crippen LogP) is 2.60. The zero-order valence-corrected chi connectivity index (χ0v) is 10.3. The summed E-state index contributed by atoms with van der Waals surface area (Å²) in [7, 11) is 0. The molecule has 2 N–H and O–H groups in total. The van der Waals surface area contributed by atoms with E-state index in [0.717, 1.165) is 0 Å². The quantitative estimate of drug-likeness (QED) is 0.782. The molecule has 1 unspecified atom stereocenters. The second-order valence-electron chi connectivity index (χ2n) is 3.96. The lowest BCUT2D eigenvalue weighted by molar-refractivity contribution is 0.198. The van der Waals surface area contributed by atoms with Gasteiger partial charge in [-0.1, -0.05) is 13.0 Å². The summed E-state index contributed by atoms with van der Waals surface area (Å²) in [5.74, 6) is 0.524. The Bertz CT molecular complexity index is 342. The Hall–Kier alpha value is -0.580. The van der Waals surface area contributed by atoms with Crippen molar-refractivity contribution >= 4 is 11.8 Å². The Morgan fingerprint density at radius 2 is 2.06 bits per heavy atom. The van der Waals surface area contributed by atoms with Crippen molar-refractivity contribution in [1.82, 2.24) is 0 Å². The van der Waals surface area contributed by atoms with Gasteiger partial charge in [-0.05, 0) is 30.5 Å². The van der Waals surface area contributed by atoms with E-state index in [0.29, 0.717) is 16.2 Å². The van der Waals surface area contributed by atoms with Crippen molar-refractivity contribution in [2.75, 3.05) is 12.4 Å². The third-order valence-corrected chi connectivity index (χ3v) is 3.65. The number of thioether (sulfide) groups is 1. The summed E-state index contributed by atoms with van der Waals surface area (Å²) in [6.45, 7) is 3.63. The summed E-state index contributed by atoms with van der Waals surface area (Å²) in [4.78, 5) is 0.560. The van der Waals surface area contributed by atoms with E-state index in [-0.39, 0.29) is 18.3 Å². The number of aliphatic hydroxyl groups excluding tert-OH is 2. The molecule has 0 radical (unpaired) electrons. The highest BCUT2D eigenvalue weighted by Crippen LogP contribution is 2.26. The van der Waals surface area contributed by atoms with Crippen molar-refractivity contribution in [3.8, 4) is 0 Å². The highest BCUT2D eigenvalue weighted by atomic mass is 32.2. The zero-order valence-electron chi connectivity index (χ0n) is 9.48. The first kappa shape index (κ1) is 13.5. The predicted molar refractivity (Wildman–Crippen MR) is 64.0 cm³/mol. The largest absolute Gasteiger partial charge is 0.396 e. The molecule has 0 heterocycles. The Morgan fingerprint density at radius 1 is 1.38 bits per heavy atom. The van der Waals surface area contributed by atoms with E-state index < -0.39 is 6.10 Å². The van der Waals surface area contributed by atoms with Gasteiger partial charge in [0.25, 0.3) is 0 Å². The van der Waals surface area contributed by atoms with Crippen molar-refractivity contribution in [2.24, 2.45) is 5.92 Å². The minimum absolute atomic E-state index is 0.111. The summed E-state index contributed by atoms with van der Waals surface area (Å²) >= 11 is 1.38. The summed E-state index contributed by atoms with van der Waals surface area (Å²) in [5, 5.41) is 18.1. The maximum Gasteiger partial charge on any atom is 0.137 e. The molecule has 0 saturated heterocycles. The molecule has 0 saturated carbocycles. The molecule has 0 amide bonds. The van der Waals surface area contributed by atoms with Crippen LogP contribution < -0.4 is 0 Å². The number of rotatable bonds is 5. The fraction of sp³-hybridized carbons (Fsp3) is 0.500. The van der Waals surface area contributed by atoms with Gasteiger partial charge in [0.05, 0.1) is 6.10 Å². The zero-order chi connectivity index (χ0) is 12.1. The molecular weight excluding hydrogens is 227 g/mol. The average Bonchev–Trinajstić information content (AvgIpc) is 2.26. The van der Waals surface area contributed by atoms with Gasteiger partial charge in [0.2, 0.25) is 0 Å². The van der Waals surface area contributed by atoms with Gasteiger partial charge >= 0.3 is 0 Å². The van der Waals surface area contributed by atoms with Crippen LogP contribution in [0.5, 0.6) is 0 Å². The number of hydrogen-bond donors (Lipinski definition) is 2. The standard InChI is InChI=1S/C12H17FO2S/c1-8(6-14)7-16-12-4-3-10(9(2)15)5-11(12)13/h3-5,8-9,14-15H,6-7H2,1-2H3/t8?,9-/m0/s1. The van der Waals surface area contributed by atoms with Crippen LogP contribution in [0.3, 0.4) is 0 Å². The van der Waals surface area contributed by atoms with Gasteiger partial charge in [-0.15, -0.1) is 11.8 Å². The van der Waals surface area contributed by atoms with Gasteiger partial charge < -0.3 is 10.2 Å². The molecule has 0 spiro atoms. The van der Waals surface area contributed by atoms with Crippen LogP contribution in [0.4, 0.5) is 4.39 Å². The van der Waals surface area contributed by atoms with Crippen LogP contribution in [0.15, 0.2) is 23.1 Å². The monoisotopic (exact) mass is 244 g/mol. The summed E-state index contributed by atoms with van der Waals surface area (Å²) in [6, 6.07) is 4.75. The topological polar surface area (TPSA) is 40.5 Å². The van der Waals surface area contributed by atoms with Gasteiger partial charge in [0.1, 0.15) is 5.82 Å². The first-order chi connectivity index (χ1) is 7.54. The molecule has 0 aromatic heterocycles. The Balaban J connectivity index is 2.68. The molecule has 0 aliphatic heterocycles.